The number of rotatable bonds is 3. The van der Waals surface area contributed by atoms with Crippen LogP contribution in [0.1, 0.15) is 37.3 Å². The molecule has 1 aromatic heterocycles. The monoisotopic (exact) mass is 299 g/mol. The van der Waals surface area contributed by atoms with Crippen molar-refractivity contribution in [2.45, 2.75) is 46.6 Å². The number of hydrogen-bond donors (Lipinski definition) is 0. The van der Waals surface area contributed by atoms with Gasteiger partial charge in [-0.1, -0.05) is 6.92 Å². The number of carbonyl (C=O) groups excluding carboxylic acids is 1. The Hall–Kier alpha value is -1.84. The largest absolute Gasteiger partial charge is 0.343 e. The van der Waals surface area contributed by atoms with Crippen LogP contribution in [0.15, 0.2) is 18.5 Å². The Morgan fingerprint density at radius 1 is 1.23 bits per heavy atom. The molecule has 4 nitrogen and oxygen atoms in total. The zero-order chi connectivity index (χ0) is 15.7. The first-order chi connectivity index (χ1) is 10.6. The second kappa shape index (κ2) is 6.11. The van der Waals surface area contributed by atoms with Gasteiger partial charge in [0.15, 0.2) is 0 Å². The summed E-state index contributed by atoms with van der Waals surface area (Å²) < 4.78 is 2.28. The highest BCUT2D eigenvalue weighted by molar-refractivity contribution is 5.77. The van der Waals surface area contributed by atoms with E-state index in [2.05, 4.69) is 35.5 Å². The molecular formula is C18H25N3O. The maximum Gasteiger partial charge on any atom is 0.222 e. The summed E-state index contributed by atoms with van der Waals surface area (Å²) in [7, 11) is 0. The van der Waals surface area contributed by atoms with E-state index in [1.54, 1.807) is 0 Å². The summed E-state index contributed by atoms with van der Waals surface area (Å²) in [5, 5.41) is 0. The first-order valence-corrected chi connectivity index (χ1v) is 8.28. The molecule has 1 saturated heterocycles. The van der Waals surface area contributed by atoms with Crippen molar-refractivity contribution in [1.82, 2.24) is 14.5 Å². The number of nitrogens with zero attached hydrogens (tertiary/aromatic N) is 3. The van der Waals surface area contributed by atoms with E-state index in [1.165, 1.54) is 16.6 Å². The van der Waals surface area contributed by atoms with Gasteiger partial charge in [0.2, 0.25) is 5.91 Å². The summed E-state index contributed by atoms with van der Waals surface area (Å²) in [6, 6.07) is 4.41. The van der Waals surface area contributed by atoms with Gasteiger partial charge in [0, 0.05) is 26.1 Å². The van der Waals surface area contributed by atoms with Crippen LogP contribution in [0.3, 0.4) is 0 Å². The Bertz CT molecular complexity index is 681. The van der Waals surface area contributed by atoms with Crippen molar-refractivity contribution < 1.29 is 4.79 Å². The Kier molecular flexibility index (Phi) is 4.19. The molecule has 1 amide bonds. The van der Waals surface area contributed by atoms with Gasteiger partial charge < -0.3 is 9.47 Å². The lowest BCUT2D eigenvalue weighted by atomic mass is 9.96. The van der Waals surface area contributed by atoms with Gasteiger partial charge in [-0.3, -0.25) is 4.79 Å². The number of hydrogen-bond acceptors (Lipinski definition) is 2. The molecule has 0 radical (unpaired) electrons. The third-order valence-corrected chi connectivity index (χ3v) is 4.96. The fraction of sp³-hybridized carbons (Fsp3) is 0.556. The molecular weight excluding hydrogens is 274 g/mol. The summed E-state index contributed by atoms with van der Waals surface area (Å²) in [4.78, 5) is 18.3. The van der Waals surface area contributed by atoms with E-state index in [0.29, 0.717) is 12.3 Å². The molecule has 22 heavy (non-hydrogen) atoms. The van der Waals surface area contributed by atoms with E-state index in [0.717, 1.165) is 38.0 Å². The summed E-state index contributed by atoms with van der Waals surface area (Å²) >= 11 is 0. The Morgan fingerprint density at radius 2 is 1.91 bits per heavy atom. The third kappa shape index (κ3) is 2.87. The molecule has 118 valence electrons. The molecule has 1 aliphatic rings. The van der Waals surface area contributed by atoms with Crippen LogP contribution in [0.4, 0.5) is 0 Å². The summed E-state index contributed by atoms with van der Waals surface area (Å²) in [6.07, 6.45) is 4.77. The molecule has 1 aliphatic heterocycles. The lowest BCUT2D eigenvalue weighted by Gasteiger charge is -2.32. The van der Waals surface area contributed by atoms with Gasteiger partial charge in [-0.2, -0.15) is 0 Å². The average molecular weight is 299 g/mol. The zero-order valence-corrected chi connectivity index (χ0v) is 13.8. The van der Waals surface area contributed by atoms with Crippen LogP contribution < -0.4 is 0 Å². The fourth-order valence-electron chi connectivity index (χ4n) is 3.33. The number of amides is 1. The van der Waals surface area contributed by atoms with Crippen LogP contribution in [0.25, 0.3) is 11.0 Å². The third-order valence-electron chi connectivity index (χ3n) is 4.96. The van der Waals surface area contributed by atoms with Crippen LogP contribution in [0, 0.1) is 19.8 Å². The smallest absolute Gasteiger partial charge is 0.222 e. The molecule has 0 atom stereocenters. The average Bonchev–Trinajstić information content (AvgIpc) is 2.90. The van der Waals surface area contributed by atoms with Crippen LogP contribution >= 0.6 is 0 Å². The van der Waals surface area contributed by atoms with Crippen molar-refractivity contribution >= 4 is 16.9 Å². The number of fused-ring (bicyclic) bond motifs is 1. The number of benzene rings is 1. The number of carbonyl (C=O) groups is 1. The van der Waals surface area contributed by atoms with Gasteiger partial charge in [-0.15, -0.1) is 0 Å². The van der Waals surface area contributed by atoms with E-state index >= 15 is 0 Å². The van der Waals surface area contributed by atoms with Crippen molar-refractivity contribution in [2.75, 3.05) is 13.1 Å². The van der Waals surface area contributed by atoms with Gasteiger partial charge >= 0.3 is 0 Å². The SMILES string of the molecule is CCC(=O)N1CCC(Cn2cnc3cc(C)c(C)cc32)CC1. The lowest BCUT2D eigenvalue weighted by molar-refractivity contribution is -0.132. The Morgan fingerprint density at radius 3 is 2.59 bits per heavy atom. The molecule has 2 heterocycles. The van der Waals surface area contributed by atoms with Gasteiger partial charge in [-0.05, 0) is 55.9 Å². The van der Waals surface area contributed by atoms with Crippen LogP contribution in [-0.2, 0) is 11.3 Å². The number of likely N-dealkylation sites (tertiary alicyclic amines) is 1. The van der Waals surface area contributed by atoms with Crippen molar-refractivity contribution in [2.24, 2.45) is 5.92 Å². The molecule has 3 rings (SSSR count). The van der Waals surface area contributed by atoms with E-state index < -0.39 is 0 Å². The number of aromatic nitrogens is 2. The zero-order valence-electron chi connectivity index (χ0n) is 13.8. The van der Waals surface area contributed by atoms with Crippen LogP contribution in [0.5, 0.6) is 0 Å². The molecule has 2 aromatic rings. The highest BCUT2D eigenvalue weighted by Gasteiger charge is 2.22. The molecule has 0 spiro atoms. The number of aryl methyl sites for hydroxylation is 2. The molecule has 0 aliphatic carbocycles. The standard InChI is InChI=1S/C18H25N3O/c1-4-18(22)20-7-5-15(6-8-20)11-21-12-19-16-9-13(2)14(3)10-17(16)21/h9-10,12,15H,4-8,11H2,1-3H3. The van der Waals surface area contributed by atoms with Crippen LogP contribution in [-0.4, -0.2) is 33.4 Å². The molecule has 0 unspecified atom stereocenters. The normalized spacial score (nSPS) is 16.4. The second-order valence-corrected chi connectivity index (χ2v) is 6.50. The van der Waals surface area contributed by atoms with Gasteiger partial charge in [0.1, 0.15) is 0 Å². The van der Waals surface area contributed by atoms with Gasteiger partial charge in [0.05, 0.1) is 17.4 Å². The minimum atomic E-state index is 0.289. The number of imidazole rings is 1. The molecule has 0 saturated carbocycles. The number of piperidine rings is 1. The second-order valence-electron chi connectivity index (χ2n) is 6.50. The predicted molar refractivity (Wildman–Crippen MR) is 88.8 cm³/mol. The molecule has 1 fully saturated rings. The fourth-order valence-corrected chi connectivity index (χ4v) is 3.33. The highest BCUT2D eigenvalue weighted by atomic mass is 16.2. The maximum atomic E-state index is 11.7. The Labute approximate surface area is 132 Å². The molecule has 0 N–H and O–H groups in total. The highest BCUT2D eigenvalue weighted by Crippen LogP contribution is 2.23. The van der Waals surface area contributed by atoms with E-state index in [-0.39, 0.29) is 5.91 Å². The summed E-state index contributed by atoms with van der Waals surface area (Å²) in [6.45, 7) is 9.04. The molecule has 1 aromatic carbocycles. The predicted octanol–water partition coefficient (Wildman–Crippen LogP) is 3.30. The lowest BCUT2D eigenvalue weighted by Crippen LogP contribution is -2.38. The first kappa shape index (κ1) is 15.1. The minimum absolute atomic E-state index is 0.289. The summed E-state index contributed by atoms with van der Waals surface area (Å²) in [5.41, 5.74) is 4.93. The minimum Gasteiger partial charge on any atom is -0.343 e. The van der Waals surface area contributed by atoms with Crippen molar-refractivity contribution in [3.05, 3.63) is 29.6 Å². The summed E-state index contributed by atoms with van der Waals surface area (Å²) in [5.74, 6) is 0.928. The van der Waals surface area contributed by atoms with Crippen LogP contribution in [0.2, 0.25) is 0 Å². The Balaban J connectivity index is 1.70. The quantitative estimate of drug-likeness (QED) is 0.872. The van der Waals surface area contributed by atoms with Crippen molar-refractivity contribution in [3.8, 4) is 0 Å². The molecule has 4 heteroatoms. The van der Waals surface area contributed by atoms with Crippen molar-refractivity contribution in [3.63, 3.8) is 0 Å². The maximum absolute atomic E-state index is 11.7. The van der Waals surface area contributed by atoms with E-state index in [4.69, 9.17) is 0 Å². The topological polar surface area (TPSA) is 38.1 Å². The first-order valence-electron chi connectivity index (χ1n) is 8.28. The van der Waals surface area contributed by atoms with E-state index in [1.807, 2.05) is 18.2 Å². The van der Waals surface area contributed by atoms with E-state index in [9.17, 15) is 4.79 Å². The van der Waals surface area contributed by atoms with Gasteiger partial charge in [0.25, 0.3) is 0 Å². The van der Waals surface area contributed by atoms with Gasteiger partial charge in [-0.25, -0.2) is 4.98 Å². The molecule has 0 bridgehead atoms. The van der Waals surface area contributed by atoms with Crippen molar-refractivity contribution in [1.29, 1.82) is 0 Å².